The molecule has 1 aromatic carbocycles. The highest BCUT2D eigenvalue weighted by Gasteiger charge is 2.23. The van der Waals surface area contributed by atoms with Gasteiger partial charge in [-0.1, -0.05) is 42.5 Å². The highest BCUT2D eigenvalue weighted by molar-refractivity contribution is 5.49. The lowest BCUT2D eigenvalue weighted by molar-refractivity contribution is 0.126. The monoisotopic (exact) mass is 273 g/mol. The Labute approximate surface area is 123 Å². The number of rotatable bonds is 5. The minimum absolute atomic E-state index is 0.323. The van der Waals surface area contributed by atoms with Crippen molar-refractivity contribution in [3.05, 3.63) is 42.0 Å². The predicted octanol–water partition coefficient (Wildman–Crippen LogP) is 2.05. The predicted molar refractivity (Wildman–Crippen MR) is 86.6 cm³/mol. The number of hydrogen-bond donors (Lipinski definition) is 1. The summed E-state index contributed by atoms with van der Waals surface area (Å²) < 4.78 is 0. The van der Waals surface area contributed by atoms with E-state index in [9.17, 15) is 0 Å². The molecule has 0 aromatic heterocycles. The van der Waals surface area contributed by atoms with Crippen molar-refractivity contribution < 1.29 is 0 Å². The van der Waals surface area contributed by atoms with Gasteiger partial charge >= 0.3 is 0 Å². The normalized spacial score (nSPS) is 19.8. The van der Waals surface area contributed by atoms with Crippen LogP contribution in [0.25, 0.3) is 6.08 Å². The number of hydrogen-bond acceptors (Lipinski definition) is 3. The van der Waals surface area contributed by atoms with Crippen LogP contribution < -0.4 is 5.73 Å². The van der Waals surface area contributed by atoms with Crippen LogP contribution in [0.5, 0.6) is 0 Å². The molecule has 1 unspecified atom stereocenters. The van der Waals surface area contributed by atoms with E-state index in [0.29, 0.717) is 18.6 Å². The van der Waals surface area contributed by atoms with Crippen molar-refractivity contribution in [1.82, 2.24) is 9.80 Å². The zero-order valence-electron chi connectivity index (χ0n) is 12.7. The van der Waals surface area contributed by atoms with Crippen LogP contribution >= 0.6 is 0 Å². The molecular weight excluding hydrogens is 246 g/mol. The smallest absolute Gasteiger partial charge is 0.0404 e. The Kier molecular flexibility index (Phi) is 5.77. The van der Waals surface area contributed by atoms with Crippen LogP contribution in [0.1, 0.15) is 18.4 Å². The molecule has 1 heterocycles. The first kappa shape index (κ1) is 15.2. The second kappa shape index (κ2) is 7.58. The molecule has 110 valence electrons. The third-order valence-electron chi connectivity index (χ3n) is 4.34. The van der Waals surface area contributed by atoms with E-state index in [-0.39, 0.29) is 0 Å². The molecule has 20 heavy (non-hydrogen) atoms. The summed E-state index contributed by atoms with van der Waals surface area (Å²) in [6.45, 7) is 3.05. The Balaban J connectivity index is 1.95. The third-order valence-corrected chi connectivity index (χ3v) is 4.34. The van der Waals surface area contributed by atoms with Crippen molar-refractivity contribution in [3.8, 4) is 0 Å². The summed E-state index contributed by atoms with van der Waals surface area (Å²) in [5, 5.41) is 0. The largest absolute Gasteiger partial charge is 0.329 e. The van der Waals surface area contributed by atoms with Gasteiger partial charge in [0, 0.05) is 18.6 Å². The minimum Gasteiger partial charge on any atom is -0.329 e. The first-order chi connectivity index (χ1) is 9.70. The van der Waals surface area contributed by atoms with Crippen molar-refractivity contribution in [1.29, 1.82) is 0 Å². The molecule has 0 saturated carbocycles. The molecule has 3 heteroatoms. The number of likely N-dealkylation sites (N-methyl/N-ethyl adjacent to an activating group) is 1. The SMILES string of the molecule is CN1CCC(N(C)C(/C=C\c2ccccc2)CN)CC1. The van der Waals surface area contributed by atoms with Gasteiger partial charge in [-0.25, -0.2) is 0 Å². The molecule has 3 nitrogen and oxygen atoms in total. The maximum atomic E-state index is 5.97. The molecule has 1 saturated heterocycles. The van der Waals surface area contributed by atoms with E-state index >= 15 is 0 Å². The number of nitrogens with two attached hydrogens (primary N) is 1. The van der Waals surface area contributed by atoms with Gasteiger partial charge in [0.2, 0.25) is 0 Å². The van der Waals surface area contributed by atoms with Gasteiger partial charge in [-0.15, -0.1) is 0 Å². The van der Waals surface area contributed by atoms with Crippen molar-refractivity contribution in [3.63, 3.8) is 0 Å². The summed E-state index contributed by atoms with van der Waals surface area (Å²) in [6, 6.07) is 11.4. The Morgan fingerprint density at radius 3 is 2.55 bits per heavy atom. The van der Waals surface area contributed by atoms with E-state index in [1.165, 1.54) is 31.5 Å². The molecule has 0 aliphatic carbocycles. The molecular formula is C17H27N3. The Morgan fingerprint density at radius 1 is 1.30 bits per heavy atom. The van der Waals surface area contributed by atoms with Crippen molar-refractivity contribution in [2.45, 2.75) is 24.9 Å². The lowest BCUT2D eigenvalue weighted by Gasteiger charge is -2.38. The van der Waals surface area contributed by atoms with Crippen LogP contribution in [0.2, 0.25) is 0 Å². The molecule has 0 radical (unpaired) electrons. The molecule has 1 aromatic rings. The van der Waals surface area contributed by atoms with Gasteiger partial charge in [-0.2, -0.15) is 0 Å². The maximum absolute atomic E-state index is 5.97. The van der Waals surface area contributed by atoms with Gasteiger partial charge in [0.15, 0.2) is 0 Å². The fraction of sp³-hybridized carbons (Fsp3) is 0.529. The molecule has 0 amide bonds. The number of likely N-dealkylation sites (tertiary alicyclic amines) is 1. The summed E-state index contributed by atoms with van der Waals surface area (Å²) in [4.78, 5) is 4.86. The Morgan fingerprint density at radius 2 is 1.95 bits per heavy atom. The Bertz CT molecular complexity index is 408. The molecule has 1 aliphatic rings. The number of piperidine rings is 1. The fourth-order valence-electron chi connectivity index (χ4n) is 2.84. The quantitative estimate of drug-likeness (QED) is 0.891. The van der Waals surface area contributed by atoms with Gasteiger partial charge in [0.25, 0.3) is 0 Å². The lowest BCUT2D eigenvalue weighted by atomic mass is 10.0. The zero-order chi connectivity index (χ0) is 14.4. The van der Waals surface area contributed by atoms with Gasteiger partial charge < -0.3 is 10.6 Å². The highest BCUT2D eigenvalue weighted by atomic mass is 15.2. The standard InChI is InChI=1S/C17H27N3/c1-19-12-10-16(11-13-19)20(2)17(14-18)9-8-15-6-4-3-5-7-15/h3-9,16-17H,10-14,18H2,1-2H3/b9-8-. The summed E-state index contributed by atoms with van der Waals surface area (Å²) >= 11 is 0. The molecule has 0 bridgehead atoms. The highest BCUT2D eigenvalue weighted by Crippen LogP contribution is 2.17. The summed E-state index contributed by atoms with van der Waals surface area (Å²) in [5.74, 6) is 0. The molecule has 1 aliphatic heterocycles. The average molecular weight is 273 g/mol. The first-order valence-corrected chi connectivity index (χ1v) is 7.54. The number of nitrogens with zero attached hydrogens (tertiary/aromatic N) is 2. The van der Waals surface area contributed by atoms with Gasteiger partial charge in [-0.3, -0.25) is 4.90 Å². The summed E-state index contributed by atoms with van der Waals surface area (Å²) in [7, 11) is 4.41. The molecule has 1 atom stereocenters. The Hall–Kier alpha value is -1.16. The molecule has 1 fully saturated rings. The van der Waals surface area contributed by atoms with E-state index in [4.69, 9.17) is 5.73 Å². The van der Waals surface area contributed by atoms with E-state index in [1.54, 1.807) is 0 Å². The molecule has 0 spiro atoms. The zero-order valence-corrected chi connectivity index (χ0v) is 12.7. The van der Waals surface area contributed by atoms with Crippen LogP contribution in [0.3, 0.4) is 0 Å². The van der Waals surface area contributed by atoms with E-state index in [1.807, 2.05) is 6.07 Å². The molecule has 2 N–H and O–H groups in total. The minimum atomic E-state index is 0.323. The van der Waals surface area contributed by atoms with E-state index < -0.39 is 0 Å². The van der Waals surface area contributed by atoms with Crippen LogP contribution in [0, 0.1) is 0 Å². The van der Waals surface area contributed by atoms with Crippen molar-refractivity contribution in [2.24, 2.45) is 5.73 Å². The van der Waals surface area contributed by atoms with Crippen molar-refractivity contribution >= 4 is 6.08 Å². The molecule has 2 rings (SSSR count). The average Bonchev–Trinajstić information content (AvgIpc) is 2.49. The maximum Gasteiger partial charge on any atom is 0.0404 e. The second-order valence-corrected chi connectivity index (χ2v) is 5.77. The lowest BCUT2D eigenvalue weighted by Crippen LogP contribution is -2.48. The van der Waals surface area contributed by atoms with Crippen LogP contribution in [-0.4, -0.2) is 55.6 Å². The first-order valence-electron chi connectivity index (χ1n) is 7.54. The van der Waals surface area contributed by atoms with Crippen LogP contribution in [-0.2, 0) is 0 Å². The van der Waals surface area contributed by atoms with Gasteiger partial charge in [0.05, 0.1) is 0 Å². The summed E-state index contributed by atoms with van der Waals surface area (Å²) in [6.07, 6.45) is 6.90. The van der Waals surface area contributed by atoms with E-state index in [2.05, 4.69) is 60.3 Å². The van der Waals surface area contributed by atoms with Crippen molar-refractivity contribution in [2.75, 3.05) is 33.7 Å². The van der Waals surface area contributed by atoms with Crippen LogP contribution in [0.15, 0.2) is 36.4 Å². The fourth-order valence-corrected chi connectivity index (χ4v) is 2.84. The van der Waals surface area contributed by atoms with Crippen LogP contribution in [0.4, 0.5) is 0 Å². The van der Waals surface area contributed by atoms with Gasteiger partial charge in [0.1, 0.15) is 0 Å². The van der Waals surface area contributed by atoms with Gasteiger partial charge in [-0.05, 0) is 45.6 Å². The number of benzene rings is 1. The topological polar surface area (TPSA) is 32.5 Å². The second-order valence-electron chi connectivity index (χ2n) is 5.77. The van der Waals surface area contributed by atoms with E-state index in [0.717, 1.165) is 0 Å². The summed E-state index contributed by atoms with van der Waals surface area (Å²) in [5.41, 5.74) is 7.21. The third kappa shape index (κ3) is 4.17.